The number of aromatic nitrogens is 1. The van der Waals surface area contributed by atoms with Crippen LogP contribution in [0.2, 0.25) is 0 Å². The molecule has 3 aromatic rings. The van der Waals surface area contributed by atoms with Crippen LogP contribution >= 0.6 is 0 Å². The van der Waals surface area contributed by atoms with E-state index in [0.717, 1.165) is 0 Å². The lowest BCUT2D eigenvalue weighted by atomic mass is 10.0. The quantitative estimate of drug-likeness (QED) is 0.366. The molecule has 4 atom stereocenters. The highest BCUT2D eigenvalue weighted by Crippen LogP contribution is 2.45. The van der Waals surface area contributed by atoms with Crippen LogP contribution in [0.4, 0.5) is 10.5 Å². The smallest absolute Gasteiger partial charge is 0.353 e. The van der Waals surface area contributed by atoms with Gasteiger partial charge in [0.25, 0.3) is 11.7 Å². The molecule has 4 heterocycles. The number of nitrogens with zero attached hydrogens (tertiary/aromatic N) is 5. The van der Waals surface area contributed by atoms with Crippen LogP contribution in [0, 0.1) is 11.3 Å². The third kappa shape index (κ3) is 2.15. The largest absolute Gasteiger partial charge is 0.433 e. The highest BCUT2D eigenvalue weighted by Gasteiger charge is 2.73. The molecule has 0 N–H and O–H groups in total. The van der Waals surface area contributed by atoms with E-state index in [4.69, 9.17) is 4.52 Å². The van der Waals surface area contributed by atoms with E-state index >= 15 is 0 Å². The molecule has 6 rings (SSSR count). The average molecular weight is 414 g/mol. The first-order chi connectivity index (χ1) is 15.1. The molecule has 3 amide bonds. The van der Waals surface area contributed by atoms with Crippen LogP contribution < -0.4 is 4.90 Å². The van der Waals surface area contributed by atoms with Gasteiger partial charge < -0.3 is 4.52 Å². The monoisotopic (exact) mass is 414 g/mol. The van der Waals surface area contributed by atoms with Gasteiger partial charge in [-0.25, -0.2) is 14.2 Å². The van der Waals surface area contributed by atoms with Crippen molar-refractivity contribution in [2.24, 2.45) is 0 Å². The first-order valence-corrected chi connectivity index (χ1v) is 9.91. The number of fused-ring (bicyclic) bond motifs is 2. The van der Waals surface area contributed by atoms with Gasteiger partial charge >= 0.3 is 6.03 Å². The van der Waals surface area contributed by atoms with Gasteiger partial charge in [0.05, 0.1) is 36.6 Å². The van der Waals surface area contributed by atoms with Crippen LogP contribution in [0.3, 0.4) is 0 Å². The molecule has 3 fully saturated rings. The Morgan fingerprint density at radius 3 is 2.68 bits per heavy atom. The fourth-order valence-electron chi connectivity index (χ4n) is 5.34. The summed E-state index contributed by atoms with van der Waals surface area (Å²) in [6.07, 6.45) is 1.39. The summed E-state index contributed by atoms with van der Waals surface area (Å²) in [6.45, 7) is 1.12. The zero-order valence-corrected chi connectivity index (χ0v) is 16.3. The van der Waals surface area contributed by atoms with Crippen molar-refractivity contribution in [2.45, 2.75) is 12.1 Å². The number of nitriles is 1. The van der Waals surface area contributed by atoms with Crippen LogP contribution in [-0.4, -0.2) is 64.1 Å². The SMILES string of the molecule is N#Cc1ccc(N2C(=O)C3CN4CC(C(=O)c5ccno5)[N+]3(C4)C2=O)c2ccccc12. The lowest BCUT2D eigenvalue weighted by molar-refractivity contribution is -0.852. The number of ketones is 1. The molecule has 3 aliphatic rings. The Labute approximate surface area is 176 Å². The molecule has 4 unspecified atom stereocenters. The Hall–Kier alpha value is -3.87. The Bertz CT molecular complexity index is 1330. The summed E-state index contributed by atoms with van der Waals surface area (Å²) in [7, 11) is 0. The molecule has 0 radical (unpaired) electrons. The number of imide groups is 1. The maximum absolute atomic E-state index is 13.8. The van der Waals surface area contributed by atoms with Crippen LogP contribution in [-0.2, 0) is 4.79 Å². The first kappa shape index (κ1) is 17.9. The normalized spacial score (nSPS) is 28.9. The van der Waals surface area contributed by atoms with E-state index in [1.807, 2.05) is 11.0 Å². The van der Waals surface area contributed by atoms with E-state index < -0.39 is 18.1 Å². The fourth-order valence-corrected chi connectivity index (χ4v) is 5.34. The highest BCUT2D eigenvalue weighted by molar-refractivity contribution is 6.22. The lowest BCUT2D eigenvalue weighted by Crippen LogP contribution is -2.62. The number of quaternary nitrogens is 1. The molecule has 0 saturated carbocycles. The molecule has 0 aliphatic carbocycles. The second kappa shape index (κ2) is 6.07. The number of anilines is 1. The summed E-state index contributed by atoms with van der Waals surface area (Å²) in [4.78, 5) is 43.7. The molecule has 9 nitrogen and oxygen atoms in total. The number of benzene rings is 2. The standard InChI is InChI=1S/C22H16N5O4/c23-9-13-5-6-16(15-4-2-1-3-14(13)15)26-21(29)18-11-25-10-17(27(18,12-25)22(26)30)20(28)19-7-8-24-31-19/h1-8,17-18H,10-12H2/q+1. The lowest BCUT2D eigenvalue weighted by Gasteiger charge is -2.32. The van der Waals surface area contributed by atoms with Crippen molar-refractivity contribution in [3.05, 3.63) is 60.0 Å². The molecule has 1 aromatic heterocycles. The van der Waals surface area contributed by atoms with Crippen molar-refractivity contribution in [3.8, 4) is 6.07 Å². The molecular weight excluding hydrogens is 398 g/mol. The van der Waals surface area contributed by atoms with Gasteiger partial charge in [-0.2, -0.15) is 10.2 Å². The van der Waals surface area contributed by atoms with Gasteiger partial charge in [-0.1, -0.05) is 29.4 Å². The van der Waals surface area contributed by atoms with Crippen LogP contribution in [0.1, 0.15) is 16.1 Å². The molecule has 31 heavy (non-hydrogen) atoms. The second-order valence-corrected chi connectivity index (χ2v) is 8.13. The molecule has 9 heteroatoms. The number of hydrogen-bond donors (Lipinski definition) is 0. The molecule has 2 aromatic carbocycles. The molecule has 1 spiro atoms. The predicted molar refractivity (Wildman–Crippen MR) is 107 cm³/mol. The van der Waals surface area contributed by atoms with Gasteiger partial charge in [-0.3, -0.25) is 9.59 Å². The molecule has 2 bridgehead atoms. The fraction of sp³-hybridized carbons (Fsp3) is 0.227. The van der Waals surface area contributed by atoms with E-state index in [0.29, 0.717) is 41.8 Å². The third-order valence-electron chi connectivity index (χ3n) is 6.71. The predicted octanol–water partition coefficient (Wildman–Crippen LogP) is 1.89. The van der Waals surface area contributed by atoms with Gasteiger partial charge in [0, 0.05) is 16.8 Å². The van der Waals surface area contributed by atoms with E-state index in [1.54, 1.807) is 30.3 Å². The topological polar surface area (TPSA) is 108 Å². The number of Topliss-reactive ketones (excluding diaryl/α,β-unsaturated/α-hetero) is 1. The number of piperazine rings is 1. The van der Waals surface area contributed by atoms with Crippen molar-refractivity contribution in [1.82, 2.24) is 10.1 Å². The van der Waals surface area contributed by atoms with Gasteiger partial charge in [0.15, 0.2) is 12.1 Å². The van der Waals surface area contributed by atoms with Crippen molar-refractivity contribution in [2.75, 3.05) is 24.7 Å². The van der Waals surface area contributed by atoms with Crippen molar-refractivity contribution in [3.63, 3.8) is 0 Å². The van der Waals surface area contributed by atoms with E-state index in [1.165, 1.54) is 17.2 Å². The van der Waals surface area contributed by atoms with Crippen molar-refractivity contribution < 1.29 is 23.4 Å². The van der Waals surface area contributed by atoms with E-state index in [-0.39, 0.29) is 21.9 Å². The number of carbonyl (C=O) groups excluding carboxylic acids is 3. The zero-order valence-electron chi connectivity index (χ0n) is 16.3. The highest BCUT2D eigenvalue weighted by atomic mass is 16.5. The minimum Gasteiger partial charge on any atom is -0.353 e. The second-order valence-electron chi connectivity index (χ2n) is 8.13. The molecule has 3 saturated heterocycles. The number of urea groups is 1. The Morgan fingerprint density at radius 1 is 1.13 bits per heavy atom. The average Bonchev–Trinajstić information content (AvgIpc) is 3.56. The summed E-state index contributed by atoms with van der Waals surface area (Å²) in [6, 6.07) is 12.3. The van der Waals surface area contributed by atoms with Crippen molar-refractivity contribution >= 4 is 34.2 Å². The Balaban J connectivity index is 1.49. The maximum Gasteiger partial charge on any atom is 0.433 e. The summed E-state index contributed by atoms with van der Waals surface area (Å²) in [5.74, 6) is -0.553. The summed E-state index contributed by atoms with van der Waals surface area (Å²) >= 11 is 0. The Kier molecular flexibility index (Phi) is 3.51. The summed E-state index contributed by atoms with van der Waals surface area (Å²) in [5, 5.41) is 14.4. The van der Waals surface area contributed by atoms with Gasteiger partial charge in [0.2, 0.25) is 5.76 Å². The van der Waals surface area contributed by atoms with Gasteiger partial charge in [-0.05, 0) is 12.1 Å². The number of rotatable bonds is 3. The number of carbonyl (C=O) groups is 3. The Morgan fingerprint density at radius 2 is 1.94 bits per heavy atom. The molecular formula is C22H16N5O4+. The minimum absolute atomic E-state index is 0.0903. The van der Waals surface area contributed by atoms with Crippen LogP contribution in [0.15, 0.2) is 53.2 Å². The van der Waals surface area contributed by atoms with Crippen LogP contribution in [0.25, 0.3) is 10.8 Å². The summed E-state index contributed by atoms with van der Waals surface area (Å²) in [5.41, 5.74) is 0.910. The third-order valence-corrected chi connectivity index (χ3v) is 6.71. The number of hydrogen-bond acceptors (Lipinski definition) is 7. The van der Waals surface area contributed by atoms with E-state index in [2.05, 4.69) is 11.2 Å². The molecule has 152 valence electrons. The molecule has 3 aliphatic heterocycles. The van der Waals surface area contributed by atoms with E-state index in [9.17, 15) is 19.6 Å². The van der Waals surface area contributed by atoms with Crippen LogP contribution in [0.5, 0.6) is 0 Å². The van der Waals surface area contributed by atoms with Gasteiger partial charge in [0.1, 0.15) is 6.67 Å². The maximum atomic E-state index is 13.8. The number of amides is 3. The van der Waals surface area contributed by atoms with Crippen molar-refractivity contribution in [1.29, 1.82) is 5.26 Å². The minimum atomic E-state index is -0.724. The summed E-state index contributed by atoms with van der Waals surface area (Å²) < 4.78 is 4.81. The zero-order chi connectivity index (χ0) is 21.3. The van der Waals surface area contributed by atoms with Gasteiger partial charge in [-0.15, -0.1) is 0 Å². The first-order valence-electron chi connectivity index (χ1n) is 9.91.